The van der Waals surface area contributed by atoms with Crippen LogP contribution in [0.1, 0.15) is 51.3 Å². The summed E-state index contributed by atoms with van der Waals surface area (Å²) in [6, 6.07) is 3.22. The molecular formula is C16H22F2N2O. The number of hydrogen-bond donors (Lipinski definition) is 1. The highest BCUT2D eigenvalue weighted by Gasteiger charge is 2.39. The summed E-state index contributed by atoms with van der Waals surface area (Å²) in [6.45, 7) is 4.61. The topological polar surface area (TPSA) is 32.3 Å². The number of hydrogen-bond acceptors (Lipinski definition) is 2. The van der Waals surface area contributed by atoms with Crippen molar-refractivity contribution in [2.45, 2.75) is 51.7 Å². The van der Waals surface area contributed by atoms with Crippen molar-refractivity contribution in [3.05, 3.63) is 35.4 Å². The molecule has 0 spiro atoms. The van der Waals surface area contributed by atoms with E-state index in [-0.39, 0.29) is 11.9 Å². The Morgan fingerprint density at radius 2 is 2.00 bits per heavy atom. The Morgan fingerprint density at radius 3 is 2.62 bits per heavy atom. The number of amides is 1. The summed E-state index contributed by atoms with van der Waals surface area (Å²) in [5.74, 6) is -1.22. The van der Waals surface area contributed by atoms with Gasteiger partial charge in [-0.15, -0.1) is 0 Å². The van der Waals surface area contributed by atoms with Crippen molar-refractivity contribution < 1.29 is 13.6 Å². The Labute approximate surface area is 124 Å². The lowest BCUT2D eigenvalue weighted by atomic mass is 10.1. The van der Waals surface area contributed by atoms with Crippen molar-refractivity contribution in [1.29, 1.82) is 0 Å². The van der Waals surface area contributed by atoms with Crippen LogP contribution in [-0.2, 0) is 4.79 Å². The van der Waals surface area contributed by atoms with Crippen molar-refractivity contribution in [2.24, 2.45) is 0 Å². The predicted octanol–water partition coefficient (Wildman–Crippen LogP) is 3.36. The minimum atomic E-state index is -0.613. The molecule has 116 valence electrons. The Hall–Kier alpha value is -1.49. The number of benzene rings is 1. The lowest BCUT2D eigenvalue weighted by Gasteiger charge is -2.25. The number of nitrogens with one attached hydrogen (secondary N) is 1. The molecular weight excluding hydrogens is 274 g/mol. The van der Waals surface area contributed by atoms with E-state index in [9.17, 15) is 13.6 Å². The Kier molecular flexibility index (Phi) is 5.28. The molecule has 1 aromatic carbocycles. The van der Waals surface area contributed by atoms with Crippen LogP contribution in [0.4, 0.5) is 8.78 Å². The molecule has 0 bridgehead atoms. The molecule has 1 aromatic rings. The van der Waals surface area contributed by atoms with E-state index in [1.807, 2.05) is 6.92 Å². The SMILES string of the molecule is CCCCCN1C(=O)C(CC)NC1c1ccc(F)cc1F. The van der Waals surface area contributed by atoms with Gasteiger partial charge in [0.25, 0.3) is 0 Å². The molecule has 1 aliphatic rings. The molecule has 1 N–H and O–H groups in total. The van der Waals surface area contributed by atoms with Crippen molar-refractivity contribution in [3.8, 4) is 0 Å². The molecule has 0 saturated carbocycles. The summed E-state index contributed by atoms with van der Waals surface area (Å²) in [5.41, 5.74) is 0.331. The monoisotopic (exact) mass is 296 g/mol. The van der Waals surface area contributed by atoms with E-state index in [2.05, 4.69) is 12.2 Å². The number of unbranched alkanes of at least 4 members (excludes halogenated alkanes) is 2. The van der Waals surface area contributed by atoms with Gasteiger partial charge >= 0.3 is 0 Å². The molecule has 1 fully saturated rings. The summed E-state index contributed by atoms with van der Waals surface area (Å²) < 4.78 is 27.1. The highest BCUT2D eigenvalue weighted by molar-refractivity contribution is 5.84. The molecule has 2 unspecified atom stereocenters. The van der Waals surface area contributed by atoms with Crippen molar-refractivity contribution in [3.63, 3.8) is 0 Å². The van der Waals surface area contributed by atoms with Crippen LogP contribution < -0.4 is 5.32 Å². The van der Waals surface area contributed by atoms with E-state index in [0.717, 1.165) is 25.3 Å². The first-order valence-electron chi connectivity index (χ1n) is 7.60. The zero-order chi connectivity index (χ0) is 15.4. The van der Waals surface area contributed by atoms with Gasteiger partial charge < -0.3 is 4.90 Å². The Balaban J connectivity index is 2.23. The summed E-state index contributed by atoms with van der Waals surface area (Å²) in [7, 11) is 0. The Morgan fingerprint density at radius 1 is 1.24 bits per heavy atom. The molecule has 3 nitrogen and oxygen atoms in total. The van der Waals surface area contributed by atoms with Crippen LogP contribution in [0.5, 0.6) is 0 Å². The first-order valence-corrected chi connectivity index (χ1v) is 7.60. The smallest absolute Gasteiger partial charge is 0.241 e. The zero-order valence-electron chi connectivity index (χ0n) is 12.5. The fourth-order valence-corrected chi connectivity index (χ4v) is 2.72. The molecule has 2 rings (SSSR count). The summed E-state index contributed by atoms with van der Waals surface area (Å²) >= 11 is 0. The second-order valence-electron chi connectivity index (χ2n) is 5.43. The first kappa shape index (κ1) is 15.9. The third-order valence-corrected chi connectivity index (χ3v) is 3.92. The summed E-state index contributed by atoms with van der Waals surface area (Å²) in [4.78, 5) is 14.0. The van der Waals surface area contributed by atoms with Gasteiger partial charge in [-0.1, -0.05) is 26.7 Å². The molecule has 0 radical (unpaired) electrons. The first-order chi connectivity index (χ1) is 10.1. The van der Waals surface area contributed by atoms with E-state index in [1.165, 1.54) is 12.1 Å². The molecule has 0 aliphatic carbocycles. The molecule has 5 heteroatoms. The van der Waals surface area contributed by atoms with Crippen LogP contribution in [-0.4, -0.2) is 23.4 Å². The van der Waals surface area contributed by atoms with Gasteiger partial charge in [0.2, 0.25) is 5.91 Å². The molecule has 1 saturated heterocycles. The Bertz CT molecular complexity index is 507. The number of rotatable bonds is 6. The third-order valence-electron chi connectivity index (χ3n) is 3.92. The number of carbonyl (C=O) groups is 1. The van der Waals surface area contributed by atoms with E-state index in [0.29, 0.717) is 18.5 Å². The summed E-state index contributed by atoms with van der Waals surface area (Å²) in [6.07, 6.45) is 3.13. The van der Waals surface area contributed by atoms with E-state index >= 15 is 0 Å². The van der Waals surface area contributed by atoms with Gasteiger partial charge in [-0.2, -0.15) is 0 Å². The second-order valence-corrected chi connectivity index (χ2v) is 5.43. The fraction of sp³-hybridized carbons (Fsp3) is 0.562. The standard InChI is InChI=1S/C16H22F2N2O/c1-3-5-6-9-20-15(19-14(4-2)16(20)21)12-8-7-11(17)10-13(12)18/h7-8,10,14-15,19H,3-6,9H2,1-2H3. The van der Waals surface area contributed by atoms with Gasteiger partial charge in [-0.3, -0.25) is 10.1 Å². The number of nitrogens with zero attached hydrogens (tertiary/aromatic N) is 1. The normalized spacial score (nSPS) is 22.1. The molecule has 1 amide bonds. The van der Waals surface area contributed by atoms with Crippen molar-refractivity contribution >= 4 is 5.91 Å². The van der Waals surface area contributed by atoms with E-state index in [1.54, 1.807) is 4.90 Å². The quantitative estimate of drug-likeness (QED) is 0.816. The molecule has 2 atom stereocenters. The van der Waals surface area contributed by atoms with Crippen LogP contribution in [0.15, 0.2) is 18.2 Å². The lowest BCUT2D eigenvalue weighted by molar-refractivity contribution is -0.130. The van der Waals surface area contributed by atoms with Gasteiger partial charge in [0, 0.05) is 18.2 Å². The second kappa shape index (κ2) is 6.98. The minimum absolute atomic E-state index is 0.00216. The van der Waals surface area contributed by atoms with E-state index in [4.69, 9.17) is 0 Å². The van der Waals surface area contributed by atoms with Gasteiger partial charge in [-0.05, 0) is 25.0 Å². The highest BCUT2D eigenvalue weighted by Crippen LogP contribution is 2.29. The van der Waals surface area contributed by atoms with Crippen molar-refractivity contribution in [2.75, 3.05) is 6.54 Å². The molecule has 21 heavy (non-hydrogen) atoms. The number of halogens is 2. The largest absolute Gasteiger partial charge is 0.321 e. The van der Waals surface area contributed by atoms with Crippen LogP contribution in [0.3, 0.4) is 0 Å². The van der Waals surface area contributed by atoms with Crippen LogP contribution in [0.25, 0.3) is 0 Å². The number of carbonyl (C=O) groups excluding carboxylic acids is 1. The van der Waals surface area contributed by atoms with Crippen LogP contribution in [0.2, 0.25) is 0 Å². The fourth-order valence-electron chi connectivity index (χ4n) is 2.72. The average molecular weight is 296 g/mol. The van der Waals surface area contributed by atoms with Gasteiger partial charge in [0.05, 0.1) is 6.04 Å². The average Bonchev–Trinajstić information content (AvgIpc) is 2.76. The minimum Gasteiger partial charge on any atom is -0.321 e. The highest BCUT2D eigenvalue weighted by atomic mass is 19.1. The van der Waals surface area contributed by atoms with Crippen LogP contribution in [0, 0.1) is 11.6 Å². The maximum absolute atomic E-state index is 14.0. The van der Waals surface area contributed by atoms with E-state index < -0.39 is 17.8 Å². The van der Waals surface area contributed by atoms with Crippen molar-refractivity contribution in [1.82, 2.24) is 10.2 Å². The molecule has 1 heterocycles. The maximum atomic E-state index is 14.0. The van der Waals surface area contributed by atoms with Gasteiger partial charge in [-0.25, -0.2) is 8.78 Å². The molecule has 0 aromatic heterocycles. The van der Waals surface area contributed by atoms with Gasteiger partial charge in [0.1, 0.15) is 17.8 Å². The van der Waals surface area contributed by atoms with Crippen LogP contribution >= 0.6 is 0 Å². The molecule has 1 aliphatic heterocycles. The third kappa shape index (κ3) is 3.40. The maximum Gasteiger partial charge on any atom is 0.241 e. The predicted molar refractivity (Wildman–Crippen MR) is 77.6 cm³/mol. The van der Waals surface area contributed by atoms with Gasteiger partial charge in [0.15, 0.2) is 0 Å². The summed E-state index contributed by atoms with van der Waals surface area (Å²) in [5, 5.41) is 3.16. The lowest BCUT2D eigenvalue weighted by Crippen LogP contribution is -2.32. The zero-order valence-corrected chi connectivity index (χ0v) is 12.5.